The first-order valence-electron chi connectivity index (χ1n) is 4.30. The van der Waals surface area contributed by atoms with Gasteiger partial charge in [-0.15, -0.1) is 0 Å². The topological polar surface area (TPSA) is 74.9 Å². The molecule has 0 aliphatic carbocycles. The number of hydrogen-bond acceptors (Lipinski definition) is 3. The number of anilines is 1. The molecular formula is C10H11N3O. The number of hydrogen-bond donors (Lipinski definition) is 3. The van der Waals surface area contributed by atoms with E-state index in [0.717, 1.165) is 16.8 Å². The summed E-state index contributed by atoms with van der Waals surface area (Å²) in [5.74, 6) is 0.547. The molecule has 0 amide bonds. The van der Waals surface area contributed by atoms with Gasteiger partial charge in [-0.3, -0.25) is 5.10 Å². The van der Waals surface area contributed by atoms with Gasteiger partial charge in [0, 0.05) is 11.6 Å². The minimum absolute atomic E-state index is 0.0585. The van der Waals surface area contributed by atoms with E-state index in [1.165, 1.54) is 0 Å². The highest BCUT2D eigenvalue weighted by Gasteiger charge is 2.01. The van der Waals surface area contributed by atoms with Crippen molar-refractivity contribution in [1.82, 2.24) is 10.2 Å². The van der Waals surface area contributed by atoms with E-state index in [-0.39, 0.29) is 6.61 Å². The van der Waals surface area contributed by atoms with Crippen LogP contribution in [-0.4, -0.2) is 15.3 Å². The van der Waals surface area contributed by atoms with Crippen LogP contribution in [-0.2, 0) is 6.61 Å². The van der Waals surface area contributed by atoms with Crippen LogP contribution in [0.2, 0.25) is 0 Å². The maximum Gasteiger partial charge on any atom is 0.119 e. The van der Waals surface area contributed by atoms with Crippen molar-refractivity contribution < 1.29 is 5.11 Å². The van der Waals surface area contributed by atoms with Gasteiger partial charge in [0.2, 0.25) is 0 Å². The summed E-state index contributed by atoms with van der Waals surface area (Å²) in [6.07, 6.45) is 0. The van der Waals surface area contributed by atoms with Crippen molar-refractivity contribution in [3.05, 3.63) is 35.9 Å². The lowest BCUT2D eigenvalue weighted by Crippen LogP contribution is -1.83. The molecule has 0 fully saturated rings. The number of nitrogens with one attached hydrogen (secondary N) is 1. The average molecular weight is 189 g/mol. The number of aliphatic hydroxyl groups excluding tert-OH is 1. The van der Waals surface area contributed by atoms with Crippen LogP contribution in [0, 0.1) is 0 Å². The number of nitrogen functional groups attached to an aromatic ring is 1. The normalized spacial score (nSPS) is 10.4. The molecule has 0 atom stereocenters. The van der Waals surface area contributed by atoms with Crippen molar-refractivity contribution in [3.63, 3.8) is 0 Å². The number of nitrogens with zero attached hydrogens (tertiary/aromatic N) is 1. The van der Waals surface area contributed by atoms with Crippen LogP contribution in [0.5, 0.6) is 0 Å². The fraction of sp³-hybridized carbons (Fsp3) is 0.100. The molecule has 0 saturated carbocycles. The van der Waals surface area contributed by atoms with Crippen LogP contribution in [0.15, 0.2) is 30.3 Å². The van der Waals surface area contributed by atoms with E-state index in [1.807, 2.05) is 24.3 Å². The van der Waals surface area contributed by atoms with Crippen molar-refractivity contribution >= 4 is 5.82 Å². The van der Waals surface area contributed by atoms with Gasteiger partial charge in [0.1, 0.15) is 5.82 Å². The monoisotopic (exact) mass is 189 g/mol. The van der Waals surface area contributed by atoms with E-state index in [4.69, 9.17) is 10.8 Å². The molecule has 72 valence electrons. The van der Waals surface area contributed by atoms with Crippen LogP contribution in [0.1, 0.15) is 5.56 Å². The molecule has 4 nitrogen and oxygen atoms in total. The number of rotatable bonds is 2. The quantitative estimate of drug-likeness (QED) is 0.663. The molecule has 4 heteroatoms. The van der Waals surface area contributed by atoms with Crippen LogP contribution < -0.4 is 5.73 Å². The van der Waals surface area contributed by atoms with Gasteiger partial charge in [-0.1, -0.05) is 24.3 Å². The van der Waals surface area contributed by atoms with Crippen molar-refractivity contribution in [2.24, 2.45) is 0 Å². The summed E-state index contributed by atoms with van der Waals surface area (Å²) in [5, 5.41) is 15.6. The molecule has 0 aliphatic heterocycles. The summed E-state index contributed by atoms with van der Waals surface area (Å²) in [7, 11) is 0. The Morgan fingerprint density at radius 2 is 2.00 bits per heavy atom. The van der Waals surface area contributed by atoms with Gasteiger partial charge in [0.15, 0.2) is 0 Å². The van der Waals surface area contributed by atoms with E-state index < -0.39 is 0 Å². The molecule has 4 N–H and O–H groups in total. The standard InChI is InChI=1S/C10H11N3O/c11-10-5-9(12-13-10)8-3-1-7(6-14)2-4-8/h1-5,14H,6H2,(H3,11,12,13). The van der Waals surface area contributed by atoms with Gasteiger partial charge in [0.25, 0.3) is 0 Å². The number of nitrogens with two attached hydrogens (primary N) is 1. The summed E-state index contributed by atoms with van der Waals surface area (Å²) in [4.78, 5) is 0. The Hall–Kier alpha value is -1.81. The Morgan fingerprint density at radius 3 is 2.50 bits per heavy atom. The van der Waals surface area contributed by atoms with E-state index in [0.29, 0.717) is 5.82 Å². The second kappa shape index (κ2) is 3.51. The van der Waals surface area contributed by atoms with Gasteiger partial charge in [-0.05, 0) is 5.56 Å². The molecule has 0 unspecified atom stereocenters. The summed E-state index contributed by atoms with van der Waals surface area (Å²) >= 11 is 0. The van der Waals surface area contributed by atoms with Gasteiger partial charge in [-0.2, -0.15) is 5.10 Å². The predicted octanol–water partition coefficient (Wildman–Crippen LogP) is 1.15. The lowest BCUT2D eigenvalue weighted by molar-refractivity contribution is 0.282. The van der Waals surface area contributed by atoms with E-state index in [2.05, 4.69) is 10.2 Å². The third-order valence-corrected chi connectivity index (χ3v) is 2.03. The van der Waals surface area contributed by atoms with Crippen molar-refractivity contribution in [2.45, 2.75) is 6.61 Å². The van der Waals surface area contributed by atoms with E-state index in [1.54, 1.807) is 6.07 Å². The Morgan fingerprint density at radius 1 is 1.29 bits per heavy atom. The molecule has 0 bridgehead atoms. The zero-order valence-electron chi connectivity index (χ0n) is 7.57. The minimum atomic E-state index is 0.0585. The zero-order valence-corrected chi connectivity index (χ0v) is 7.57. The SMILES string of the molecule is Nc1cc(-c2ccc(CO)cc2)n[nH]1. The van der Waals surface area contributed by atoms with Gasteiger partial charge >= 0.3 is 0 Å². The molecular weight excluding hydrogens is 178 g/mol. The zero-order chi connectivity index (χ0) is 9.97. The molecule has 1 aromatic heterocycles. The van der Waals surface area contributed by atoms with Crippen molar-refractivity contribution in [1.29, 1.82) is 0 Å². The summed E-state index contributed by atoms with van der Waals surface area (Å²) in [5.41, 5.74) is 8.19. The summed E-state index contributed by atoms with van der Waals surface area (Å²) in [6, 6.07) is 9.30. The Labute approximate surface area is 81.4 Å². The molecule has 2 rings (SSSR count). The molecule has 0 saturated heterocycles. The minimum Gasteiger partial charge on any atom is -0.392 e. The van der Waals surface area contributed by atoms with Crippen LogP contribution in [0.4, 0.5) is 5.82 Å². The van der Waals surface area contributed by atoms with Crippen LogP contribution in [0.25, 0.3) is 11.3 Å². The van der Waals surface area contributed by atoms with Crippen LogP contribution in [0.3, 0.4) is 0 Å². The molecule has 0 aliphatic rings. The van der Waals surface area contributed by atoms with Gasteiger partial charge in [0.05, 0.1) is 12.3 Å². The fourth-order valence-electron chi connectivity index (χ4n) is 1.27. The Balaban J connectivity index is 2.33. The van der Waals surface area contributed by atoms with Gasteiger partial charge in [-0.25, -0.2) is 0 Å². The maximum absolute atomic E-state index is 8.86. The lowest BCUT2D eigenvalue weighted by Gasteiger charge is -1.97. The average Bonchev–Trinajstić information content (AvgIpc) is 2.65. The second-order valence-corrected chi connectivity index (χ2v) is 3.06. The first kappa shape index (κ1) is 8.77. The van der Waals surface area contributed by atoms with Crippen molar-refractivity contribution in [2.75, 3.05) is 5.73 Å². The van der Waals surface area contributed by atoms with Crippen LogP contribution >= 0.6 is 0 Å². The molecule has 0 spiro atoms. The first-order valence-corrected chi connectivity index (χ1v) is 4.30. The van der Waals surface area contributed by atoms with E-state index in [9.17, 15) is 0 Å². The van der Waals surface area contributed by atoms with Gasteiger partial charge < -0.3 is 10.8 Å². The first-order chi connectivity index (χ1) is 6.79. The largest absolute Gasteiger partial charge is 0.392 e. The highest BCUT2D eigenvalue weighted by Crippen LogP contribution is 2.18. The molecule has 1 aromatic carbocycles. The second-order valence-electron chi connectivity index (χ2n) is 3.06. The Kier molecular flexibility index (Phi) is 2.20. The van der Waals surface area contributed by atoms with Crippen molar-refractivity contribution in [3.8, 4) is 11.3 Å². The number of benzene rings is 1. The highest BCUT2D eigenvalue weighted by molar-refractivity contribution is 5.62. The summed E-state index contributed by atoms with van der Waals surface area (Å²) in [6.45, 7) is 0.0585. The number of aromatic amines is 1. The Bertz CT molecular complexity index is 419. The highest BCUT2D eigenvalue weighted by atomic mass is 16.3. The number of aromatic nitrogens is 2. The molecule has 14 heavy (non-hydrogen) atoms. The lowest BCUT2D eigenvalue weighted by atomic mass is 10.1. The molecule has 1 heterocycles. The number of aliphatic hydroxyl groups is 1. The van der Waals surface area contributed by atoms with E-state index >= 15 is 0 Å². The molecule has 0 radical (unpaired) electrons. The smallest absolute Gasteiger partial charge is 0.119 e. The molecule has 2 aromatic rings. The third-order valence-electron chi connectivity index (χ3n) is 2.03. The summed E-state index contributed by atoms with van der Waals surface area (Å²) < 4.78 is 0. The maximum atomic E-state index is 8.86. The fourth-order valence-corrected chi connectivity index (χ4v) is 1.27. The number of H-pyrrole nitrogens is 1. The predicted molar refractivity (Wildman–Crippen MR) is 54.4 cm³/mol. The third kappa shape index (κ3) is 1.60.